The van der Waals surface area contributed by atoms with Crippen molar-refractivity contribution >= 4 is 12.4 Å². The van der Waals surface area contributed by atoms with Crippen LogP contribution < -0.4 is 5.32 Å². The molecule has 0 unspecified atom stereocenters. The van der Waals surface area contributed by atoms with Gasteiger partial charge < -0.3 is 5.32 Å². The van der Waals surface area contributed by atoms with Gasteiger partial charge in [0.05, 0.1) is 6.20 Å². The van der Waals surface area contributed by atoms with Gasteiger partial charge in [0.15, 0.2) is 0 Å². The molecule has 5 heteroatoms. The van der Waals surface area contributed by atoms with E-state index in [0.717, 1.165) is 25.2 Å². The fourth-order valence-electron chi connectivity index (χ4n) is 1.93. The van der Waals surface area contributed by atoms with Crippen molar-refractivity contribution in [2.24, 2.45) is 5.92 Å². The summed E-state index contributed by atoms with van der Waals surface area (Å²) in [5.41, 5.74) is 2.25. The van der Waals surface area contributed by atoms with Crippen molar-refractivity contribution in [1.82, 2.24) is 15.1 Å². The molecule has 1 N–H and O–H groups in total. The fourth-order valence-corrected chi connectivity index (χ4v) is 1.93. The van der Waals surface area contributed by atoms with E-state index in [1.165, 1.54) is 17.7 Å². The summed E-state index contributed by atoms with van der Waals surface area (Å²) >= 11 is 0. The number of halogens is 2. The fraction of sp³-hybridized carbons (Fsp3) is 0.400. The highest BCUT2D eigenvalue weighted by Gasteiger charge is 2.01. The van der Waals surface area contributed by atoms with E-state index in [0.29, 0.717) is 5.92 Å². The molecule has 0 aliphatic heterocycles. The number of aromatic nitrogens is 2. The van der Waals surface area contributed by atoms with Crippen LogP contribution in [-0.4, -0.2) is 9.78 Å². The lowest BCUT2D eigenvalue weighted by atomic mass is 10.2. The van der Waals surface area contributed by atoms with Crippen molar-refractivity contribution in [3.63, 3.8) is 0 Å². The molecule has 1 aromatic heterocycles. The van der Waals surface area contributed by atoms with Gasteiger partial charge in [-0.3, -0.25) is 4.68 Å². The van der Waals surface area contributed by atoms with E-state index in [4.69, 9.17) is 0 Å². The number of nitrogens with one attached hydrogen (secondary N) is 1. The van der Waals surface area contributed by atoms with Crippen LogP contribution in [0.1, 0.15) is 25.0 Å². The molecule has 0 amide bonds. The van der Waals surface area contributed by atoms with Crippen LogP contribution in [0.5, 0.6) is 0 Å². The average Bonchev–Trinajstić information content (AvgIpc) is 2.78. The predicted molar refractivity (Wildman–Crippen MR) is 81.3 cm³/mol. The molecule has 0 saturated heterocycles. The summed E-state index contributed by atoms with van der Waals surface area (Å²) in [6.45, 7) is 6.80. The quantitative estimate of drug-likeness (QED) is 0.886. The first kappa shape index (κ1) is 16.7. The lowest BCUT2D eigenvalue weighted by Crippen LogP contribution is -2.12. The van der Waals surface area contributed by atoms with E-state index in [-0.39, 0.29) is 18.2 Å². The monoisotopic (exact) mass is 297 g/mol. The van der Waals surface area contributed by atoms with Gasteiger partial charge in [0, 0.05) is 31.4 Å². The van der Waals surface area contributed by atoms with Crippen LogP contribution in [0.2, 0.25) is 0 Å². The van der Waals surface area contributed by atoms with Crippen LogP contribution in [0, 0.1) is 11.7 Å². The Morgan fingerprint density at radius 1 is 1.15 bits per heavy atom. The summed E-state index contributed by atoms with van der Waals surface area (Å²) < 4.78 is 14.7. The molecule has 20 heavy (non-hydrogen) atoms. The number of rotatable bonds is 6. The molecule has 0 fully saturated rings. The minimum Gasteiger partial charge on any atom is -0.309 e. The molecule has 1 aromatic carbocycles. The molecule has 0 spiro atoms. The molecule has 2 rings (SSSR count). The first-order chi connectivity index (χ1) is 9.13. The summed E-state index contributed by atoms with van der Waals surface area (Å²) in [7, 11) is 0. The Kier molecular flexibility index (Phi) is 6.68. The molecule has 0 aliphatic rings. The topological polar surface area (TPSA) is 29.9 Å². The smallest absolute Gasteiger partial charge is 0.123 e. The van der Waals surface area contributed by atoms with Crippen LogP contribution in [0.4, 0.5) is 4.39 Å². The molecule has 0 saturated carbocycles. The van der Waals surface area contributed by atoms with Gasteiger partial charge in [0.1, 0.15) is 5.82 Å². The summed E-state index contributed by atoms with van der Waals surface area (Å²) in [4.78, 5) is 0. The Morgan fingerprint density at radius 2 is 1.80 bits per heavy atom. The van der Waals surface area contributed by atoms with E-state index in [1.54, 1.807) is 12.1 Å². The lowest BCUT2D eigenvalue weighted by molar-refractivity contribution is 0.482. The summed E-state index contributed by atoms with van der Waals surface area (Å²) in [6, 6.07) is 6.56. The van der Waals surface area contributed by atoms with Crippen molar-refractivity contribution in [2.75, 3.05) is 0 Å². The molecule has 3 nitrogen and oxygen atoms in total. The number of hydrogen-bond acceptors (Lipinski definition) is 2. The maximum absolute atomic E-state index is 12.7. The largest absolute Gasteiger partial charge is 0.309 e. The highest BCUT2D eigenvalue weighted by atomic mass is 35.5. The lowest BCUT2D eigenvalue weighted by Gasteiger charge is -2.04. The molecular formula is C15H21ClFN3. The summed E-state index contributed by atoms with van der Waals surface area (Å²) in [6.07, 6.45) is 3.96. The second-order valence-electron chi connectivity index (χ2n) is 5.19. The second kappa shape index (κ2) is 8.02. The predicted octanol–water partition coefficient (Wildman–Crippen LogP) is 3.39. The summed E-state index contributed by atoms with van der Waals surface area (Å²) in [5, 5.41) is 7.65. The normalized spacial score (nSPS) is 10.6. The minimum atomic E-state index is -0.196. The molecule has 2 aromatic rings. The van der Waals surface area contributed by atoms with E-state index in [9.17, 15) is 4.39 Å². The zero-order chi connectivity index (χ0) is 13.7. The number of nitrogens with zero attached hydrogens (tertiary/aromatic N) is 2. The maximum atomic E-state index is 12.7. The third-order valence-electron chi connectivity index (χ3n) is 2.81. The number of hydrogen-bond donors (Lipinski definition) is 1. The van der Waals surface area contributed by atoms with Crippen molar-refractivity contribution in [2.45, 2.75) is 33.5 Å². The first-order valence-electron chi connectivity index (χ1n) is 6.60. The Hall–Kier alpha value is -1.39. The molecule has 0 aliphatic carbocycles. The first-order valence-corrected chi connectivity index (χ1v) is 6.60. The van der Waals surface area contributed by atoms with E-state index < -0.39 is 0 Å². The van der Waals surface area contributed by atoms with E-state index in [2.05, 4.69) is 30.5 Å². The Balaban J connectivity index is 0.00000200. The SMILES string of the molecule is CC(C)Cn1cc(CNCc2ccc(F)cc2)cn1.Cl. The molecule has 110 valence electrons. The van der Waals surface area contributed by atoms with E-state index in [1.807, 2.05) is 10.9 Å². The third kappa shape index (κ3) is 5.31. The number of benzene rings is 1. The van der Waals surface area contributed by atoms with Crippen LogP contribution in [0.25, 0.3) is 0 Å². The molecule has 0 bridgehead atoms. The van der Waals surface area contributed by atoms with Gasteiger partial charge in [-0.05, 0) is 23.6 Å². The van der Waals surface area contributed by atoms with E-state index >= 15 is 0 Å². The van der Waals surface area contributed by atoms with Gasteiger partial charge in [-0.15, -0.1) is 12.4 Å². The average molecular weight is 298 g/mol. The van der Waals surface area contributed by atoms with Crippen LogP contribution in [-0.2, 0) is 19.6 Å². The van der Waals surface area contributed by atoms with Crippen molar-refractivity contribution < 1.29 is 4.39 Å². The Labute approximate surface area is 125 Å². The highest BCUT2D eigenvalue weighted by Crippen LogP contribution is 2.04. The maximum Gasteiger partial charge on any atom is 0.123 e. The Morgan fingerprint density at radius 3 is 2.45 bits per heavy atom. The van der Waals surface area contributed by atoms with Crippen LogP contribution in [0.3, 0.4) is 0 Å². The summed E-state index contributed by atoms with van der Waals surface area (Å²) in [5.74, 6) is 0.402. The third-order valence-corrected chi connectivity index (χ3v) is 2.81. The zero-order valence-corrected chi connectivity index (χ0v) is 12.7. The molecule has 1 heterocycles. The zero-order valence-electron chi connectivity index (χ0n) is 11.8. The van der Waals surface area contributed by atoms with Gasteiger partial charge >= 0.3 is 0 Å². The van der Waals surface area contributed by atoms with Gasteiger partial charge in [-0.1, -0.05) is 26.0 Å². The van der Waals surface area contributed by atoms with Gasteiger partial charge in [0.25, 0.3) is 0 Å². The molecule has 0 radical (unpaired) electrons. The molecule has 0 atom stereocenters. The van der Waals surface area contributed by atoms with Gasteiger partial charge in [-0.2, -0.15) is 5.10 Å². The Bertz CT molecular complexity index is 508. The standard InChI is InChI=1S/C15H20FN3.ClH/c1-12(2)10-19-11-14(9-18-19)8-17-7-13-3-5-15(16)6-4-13;/h3-6,9,11-12,17H,7-8,10H2,1-2H3;1H. The van der Waals surface area contributed by atoms with Gasteiger partial charge in [-0.25, -0.2) is 4.39 Å². The highest BCUT2D eigenvalue weighted by molar-refractivity contribution is 5.85. The minimum absolute atomic E-state index is 0. The van der Waals surface area contributed by atoms with Crippen LogP contribution in [0.15, 0.2) is 36.7 Å². The molecular weight excluding hydrogens is 277 g/mol. The van der Waals surface area contributed by atoms with Crippen molar-refractivity contribution in [3.05, 3.63) is 53.6 Å². The van der Waals surface area contributed by atoms with Crippen molar-refractivity contribution in [3.8, 4) is 0 Å². The van der Waals surface area contributed by atoms with Crippen molar-refractivity contribution in [1.29, 1.82) is 0 Å². The van der Waals surface area contributed by atoms with Gasteiger partial charge in [0.2, 0.25) is 0 Å². The second-order valence-corrected chi connectivity index (χ2v) is 5.19. The van der Waals surface area contributed by atoms with Crippen LogP contribution >= 0.6 is 12.4 Å².